The number of nitrogens with zero attached hydrogens (tertiary/aromatic N) is 3. The second-order valence-electron chi connectivity index (χ2n) is 6.27. The Morgan fingerprint density at radius 3 is 2.62 bits per heavy atom. The van der Waals surface area contributed by atoms with Gasteiger partial charge in [-0.1, -0.05) is 54.1 Å². The normalized spacial score (nSPS) is 11.2. The molecule has 6 heteroatoms. The van der Waals surface area contributed by atoms with Crippen LogP contribution in [0.25, 0.3) is 23.0 Å². The predicted octanol–water partition coefficient (Wildman–Crippen LogP) is 5.20. The number of imidazole rings is 1. The van der Waals surface area contributed by atoms with Gasteiger partial charge in [0.1, 0.15) is 17.3 Å². The molecule has 4 rings (SSSR count). The molecule has 0 fully saturated rings. The van der Waals surface area contributed by atoms with Crippen molar-refractivity contribution in [1.82, 2.24) is 9.38 Å². The van der Waals surface area contributed by atoms with Gasteiger partial charge < -0.3 is 5.32 Å². The van der Waals surface area contributed by atoms with E-state index in [1.54, 1.807) is 30.3 Å². The molecule has 2 aromatic heterocycles. The number of aromatic nitrogens is 2. The van der Waals surface area contributed by atoms with Crippen molar-refractivity contribution in [3.8, 4) is 17.3 Å². The van der Waals surface area contributed by atoms with E-state index < -0.39 is 5.91 Å². The lowest BCUT2D eigenvalue weighted by atomic mass is 10.1. The monoisotopic (exact) mass is 398 g/mol. The lowest BCUT2D eigenvalue weighted by Crippen LogP contribution is -2.13. The number of rotatable bonds is 4. The molecule has 0 saturated heterocycles. The summed E-state index contributed by atoms with van der Waals surface area (Å²) in [6, 6.07) is 24.1. The summed E-state index contributed by atoms with van der Waals surface area (Å²) in [5.74, 6) is -0.514. The number of amides is 1. The predicted molar refractivity (Wildman–Crippen MR) is 114 cm³/mol. The van der Waals surface area contributed by atoms with E-state index in [9.17, 15) is 10.1 Å². The number of hydrogen-bond acceptors (Lipinski definition) is 3. The Morgan fingerprint density at radius 1 is 1.07 bits per heavy atom. The molecular weight excluding hydrogens is 384 g/mol. The van der Waals surface area contributed by atoms with Gasteiger partial charge >= 0.3 is 0 Å². The number of halogens is 1. The third-order valence-electron chi connectivity index (χ3n) is 4.34. The van der Waals surface area contributed by atoms with Crippen molar-refractivity contribution >= 4 is 34.9 Å². The highest BCUT2D eigenvalue weighted by Gasteiger charge is 2.16. The summed E-state index contributed by atoms with van der Waals surface area (Å²) in [5, 5.41) is 12.8. The number of anilines is 1. The average Bonchev–Trinajstić information content (AvgIpc) is 3.11. The first kappa shape index (κ1) is 18.5. The van der Waals surface area contributed by atoms with Gasteiger partial charge in [-0.3, -0.25) is 9.20 Å². The van der Waals surface area contributed by atoms with Gasteiger partial charge in [0.05, 0.1) is 11.4 Å². The van der Waals surface area contributed by atoms with Gasteiger partial charge in [-0.25, -0.2) is 4.98 Å². The number of pyridine rings is 1. The molecule has 0 saturated carbocycles. The molecule has 1 amide bonds. The smallest absolute Gasteiger partial charge is 0.266 e. The minimum absolute atomic E-state index is 0.0344. The maximum absolute atomic E-state index is 12.7. The van der Waals surface area contributed by atoms with Crippen LogP contribution in [0.3, 0.4) is 0 Å². The maximum Gasteiger partial charge on any atom is 0.266 e. The van der Waals surface area contributed by atoms with E-state index >= 15 is 0 Å². The molecule has 2 aromatic carbocycles. The lowest BCUT2D eigenvalue weighted by Gasteiger charge is -2.05. The quantitative estimate of drug-likeness (QED) is 0.379. The molecule has 29 heavy (non-hydrogen) atoms. The number of nitriles is 1. The Bertz CT molecular complexity index is 1270. The molecule has 0 aliphatic heterocycles. The van der Waals surface area contributed by atoms with E-state index in [-0.39, 0.29) is 5.57 Å². The molecule has 0 bridgehead atoms. The Hall–Kier alpha value is -3.88. The third-order valence-corrected chi connectivity index (χ3v) is 4.58. The fourth-order valence-corrected chi connectivity index (χ4v) is 3.20. The van der Waals surface area contributed by atoms with Crippen LogP contribution in [0.15, 0.2) is 84.6 Å². The van der Waals surface area contributed by atoms with Crippen molar-refractivity contribution in [3.63, 3.8) is 0 Å². The highest BCUT2D eigenvalue weighted by atomic mass is 35.5. The maximum atomic E-state index is 12.7. The topological polar surface area (TPSA) is 70.2 Å². The van der Waals surface area contributed by atoms with Crippen molar-refractivity contribution in [1.29, 1.82) is 5.26 Å². The van der Waals surface area contributed by atoms with Gasteiger partial charge in [0.15, 0.2) is 0 Å². The number of benzene rings is 2. The van der Waals surface area contributed by atoms with Crippen LogP contribution in [-0.4, -0.2) is 15.3 Å². The Kier molecular flexibility index (Phi) is 5.10. The molecule has 0 unspecified atom stereocenters. The highest BCUT2D eigenvalue weighted by molar-refractivity contribution is 6.31. The number of hydrogen-bond donors (Lipinski definition) is 1. The molecule has 0 radical (unpaired) electrons. The molecule has 140 valence electrons. The molecule has 0 atom stereocenters. The van der Waals surface area contributed by atoms with Crippen LogP contribution in [0, 0.1) is 11.3 Å². The first-order valence-corrected chi connectivity index (χ1v) is 9.25. The van der Waals surface area contributed by atoms with E-state index in [4.69, 9.17) is 11.6 Å². The molecule has 2 heterocycles. The molecule has 5 nitrogen and oxygen atoms in total. The first-order valence-electron chi connectivity index (χ1n) is 8.87. The first-order chi connectivity index (χ1) is 14.2. The van der Waals surface area contributed by atoms with Crippen molar-refractivity contribution in [2.24, 2.45) is 0 Å². The van der Waals surface area contributed by atoms with Gasteiger partial charge in [0, 0.05) is 22.5 Å². The van der Waals surface area contributed by atoms with Crippen LogP contribution in [0.5, 0.6) is 0 Å². The summed E-state index contributed by atoms with van der Waals surface area (Å²) in [6.45, 7) is 0. The summed E-state index contributed by atoms with van der Waals surface area (Å²) < 4.78 is 1.85. The van der Waals surface area contributed by atoms with Gasteiger partial charge in [0.2, 0.25) is 0 Å². The fourth-order valence-electron chi connectivity index (χ4n) is 3.01. The lowest BCUT2D eigenvalue weighted by molar-refractivity contribution is -0.112. The van der Waals surface area contributed by atoms with Gasteiger partial charge in [-0.2, -0.15) is 5.26 Å². The van der Waals surface area contributed by atoms with Gasteiger partial charge in [0.25, 0.3) is 5.91 Å². The van der Waals surface area contributed by atoms with E-state index in [1.165, 1.54) is 0 Å². The van der Waals surface area contributed by atoms with Crippen LogP contribution in [0.1, 0.15) is 5.69 Å². The van der Waals surface area contributed by atoms with E-state index in [0.717, 1.165) is 11.2 Å². The Labute approximate surface area is 172 Å². The van der Waals surface area contributed by atoms with E-state index in [1.807, 2.05) is 65.2 Å². The van der Waals surface area contributed by atoms with Crippen LogP contribution in [0.4, 0.5) is 5.69 Å². The summed E-state index contributed by atoms with van der Waals surface area (Å²) >= 11 is 5.97. The molecule has 0 spiro atoms. The molecule has 1 N–H and O–H groups in total. The average molecular weight is 399 g/mol. The SMILES string of the molecule is N#CC(=Cc1c(-c2ccccc2)nc2ccccn12)C(=O)Nc1cccc(Cl)c1. The summed E-state index contributed by atoms with van der Waals surface area (Å²) in [5.41, 5.74) is 3.46. The van der Waals surface area contributed by atoms with Crippen LogP contribution in [-0.2, 0) is 4.79 Å². The Morgan fingerprint density at radius 2 is 1.86 bits per heavy atom. The molecular formula is C23H15ClN4O. The van der Waals surface area contributed by atoms with Crippen LogP contribution < -0.4 is 5.32 Å². The number of nitrogens with one attached hydrogen (secondary N) is 1. The number of carbonyl (C=O) groups is 1. The zero-order chi connectivity index (χ0) is 20.2. The third kappa shape index (κ3) is 3.88. The standard InChI is InChI=1S/C23H15ClN4O/c24-18-9-6-10-19(14-18)26-23(29)17(15-25)13-20-22(16-7-2-1-3-8-16)27-21-11-4-5-12-28(20)21/h1-14H,(H,26,29). The zero-order valence-corrected chi connectivity index (χ0v) is 16.0. The summed E-state index contributed by atoms with van der Waals surface area (Å²) in [7, 11) is 0. The zero-order valence-electron chi connectivity index (χ0n) is 15.2. The summed E-state index contributed by atoms with van der Waals surface area (Å²) in [6.07, 6.45) is 3.41. The largest absolute Gasteiger partial charge is 0.321 e. The van der Waals surface area contributed by atoms with Crippen molar-refractivity contribution in [2.45, 2.75) is 0 Å². The molecule has 4 aromatic rings. The van der Waals surface area contributed by atoms with Gasteiger partial charge in [-0.05, 0) is 36.4 Å². The minimum Gasteiger partial charge on any atom is -0.321 e. The van der Waals surface area contributed by atoms with Crippen LogP contribution >= 0.6 is 11.6 Å². The van der Waals surface area contributed by atoms with E-state index in [0.29, 0.717) is 22.1 Å². The number of carbonyl (C=O) groups excluding carboxylic acids is 1. The second kappa shape index (κ2) is 8.01. The molecule has 0 aliphatic rings. The highest BCUT2D eigenvalue weighted by Crippen LogP contribution is 2.26. The molecule has 0 aliphatic carbocycles. The van der Waals surface area contributed by atoms with Crippen molar-refractivity contribution in [3.05, 3.63) is 95.3 Å². The second-order valence-corrected chi connectivity index (χ2v) is 6.71. The summed E-state index contributed by atoms with van der Waals surface area (Å²) in [4.78, 5) is 17.4. The van der Waals surface area contributed by atoms with Crippen molar-refractivity contribution in [2.75, 3.05) is 5.32 Å². The Balaban J connectivity index is 1.79. The fraction of sp³-hybridized carbons (Fsp3) is 0. The van der Waals surface area contributed by atoms with Gasteiger partial charge in [-0.15, -0.1) is 0 Å². The van der Waals surface area contributed by atoms with Crippen LogP contribution in [0.2, 0.25) is 5.02 Å². The van der Waals surface area contributed by atoms with E-state index in [2.05, 4.69) is 10.3 Å². The van der Waals surface area contributed by atoms with Crippen molar-refractivity contribution < 1.29 is 4.79 Å². The number of fused-ring (bicyclic) bond motifs is 1. The minimum atomic E-state index is -0.514.